The fourth-order valence-corrected chi connectivity index (χ4v) is 1.19. The maximum absolute atomic E-state index is 4.95. The van der Waals surface area contributed by atoms with Crippen LogP contribution in [0.1, 0.15) is 4.88 Å². The molecule has 2 heteroatoms. The maximum atomic E-state index is 4.95. The van der Waals surface area contributed by atoms with Gasteiger partial charge in [-0.05, 0) is 19.1 Å². The summed E-state index contributed by atoms with van der Waals surface area (Å²) < 4.78 is 4.95. The summed E-state index contributed by atoms with van der Waals surface area (Å²) in [5.41, 5.74) is 0. The highest BCUT2D eigenvalue weighted by Gasteiger charge is 1.90. The third kappa shape index (κ3) is 1.01. The molecule has 1 heterocycles. The third-order valence-electron chi connectivity index (χ3n) is 0.917. The van der Waals surface area contributed by atoms with Gasteiger partial charge in [-0.1, -0.05) is 0 Å². The van der Waals surface area contributed by atoms with Crippen LogP contribution in [0.3, 0.4) is 0 Å². The standard InChI is InChI=1S/C6H8OS/c1-5-3-4-6(7-2)8-5/h3-4H,1-2H3. The van der Waals surface area contributed by atoms with Gasteiger partial charge in [0.1, 0.15) is 0 Å². The Kier molecular flexibility index (Phi) is 1.53. The Balaban J connectivity index is 2.84. The van der Waals surface area contributed by atoms with Gasteiger partial charge < -0.3 is 4.74 Å². The zero-order chi connectivity index (χ0) is 5.98. The van der Waals surface area contributed by atoms with Crippen molar-refractivity contribution in [2.24, 2.45) is 0 Å². The smallest absolute Gasteiger partial charge is 0.173 e. The highest BCUT2D eigenvalue weighted by molar-refractivity contribution is 7.13. The molecule has 0 radical (unpaired) electrons. The summed E-state index contributed by atoms with van der Waals surface area (Å²) in [5, 5.41) is 0.988. The van der Waals surface area contributed by atoms with Gasteiger partial charge in [-0.15, -0.1) is 11.3 Å². The summed E-state index contributed by atoms with van der Waals surface area (Å²) in [6, 6.07) is 4.02. The van der Waals surface area contributed by atoms with Gasteiger partial charge in [-0.3, -0.25) is 0 Å². The van der Waals surface area contributed by atoms with Crippen LogP contribution in [0.25, 0.3) is 0 Å². The lowest BCUT2D eigenvalue weighted by Gasteiger charge is -1.87. The van der Waals surface area contributed by atoms with E-state index in [2.05, 4.69) is 6.92 Å². The van der Waals surface area contributed by atoms with Crippen LogP contribution < -0.4 is 4.74 Å². The molecule has 0 aliphatic rings. The minimum atomic E-state index is 0.988. The number of hydrogen-bond acceptors (Lipinski definition) is 2. The van der Waals surface area contributed by atoms with Gasteiger partial charge in [-0.25, -0.2) is 0 Å². The first-order valence-corrected chi connectivity index (χ1v) is 3.25. The van der Waals surface area contributed by atoms with Crippen molar-refractivity contribution >= 4 is 11.3 Å². The molecule has 1 nitrogen and oxygen atoms in total. The second-order valence-corrected chi connectivity index (χ2v) is 2.82. The van der Waals surface area contributed by atoms with Crippen molar-refractivity contribution < 1.29 is 4.74 Å². The summed E-state index contributed by atoms with van der Waals surface area (Å²) in [7, 11) is 1.69. The Labute approximate surface area is 52.9 Å². The molecule has 44 valence electrons. The topological polar surface area (TPSA) is 9.23 Å². The van der Waals surface area contributed by atoms with Crippen molar-refractivity contribution in [1.29, 1.82) is 0 Å². The van der Waals surface area contributed by atoms with E-state index in [1.807, 2.05) is 12.1 Å². The van der Waals surface area contributed by atoms with E-state index in [-0.39, 0.29) is 0 Å². The lowest BCUT2D eigenvalue weighted by atomic mass is 10.5. The molecule has 0 atom stereocenters. The maximum Gasteiger partial charge on any atom is 0.173 e. The summed E-state index contributed by atoms with van der Waals surface area (Å²) in [6.45, 7) is 2.06. The van der Waals surface area contributed by atoms with E-state index in [4.69, 9.17) is 4.74 Å². The average Bonchev–Trinajstić information content (AvgIpc) is 2.14. The van der Waals surface area contributed by atoms with Crippen LogP contribution >= 0.6 is 11.3 Å². The van der Waals surface area contributed by atoms with Gasteiger partial charge >= 0.3 is 0 Å². The molecule has 0 saturated heterocycles. The molecular formula is C6H8OS. The van der Waals surface area contributed by atoms with Gasteiger partial charge in [0.05, 0.1) is 7.11 Å². The summed E-state index contributed by atoms with van der Waals surface area (Å²) in [6.07, 6.45) is 0. The van der Waals surface area contributed by atoms with E-state index in [1.54, 1.807) is 18.4 Å². The molecule has 0 unspecified atom stereocenters. The quantitative estimate of drug-likeness (QED) is 0.562. The molecule has 8 heavy (non-hydrogen) atoms. The van der Waals surface area contributed by atoms with Crippen molar-refractivity contribution in [3.8, 4) is 5.06 Å². The molecule has 0 aliphatic heterocycles. The van der Waals surface area contributed by atoms with Gasteiger partial charge in [-0.2, -0.15) is 0 Å². The van der Waals surface area contributed by atoms with Crippen LogP contribution in [-0.4, -0.2) is 7.11 Å². The highest BCUT2D eigenvalue weighted by atomic mass is 32.1. The number of thiophene rings is 1. The predicted octanol–water partition coefficient (Wildman–Crippen LogP) is 2.07. The molecule has 0 fully saturated rings. The van der Waals surface area contributed by atoms with Crippen molar-refractivity contribution in [3.05, 3.63) is 17.0 Å². The second-order valence-electron chi connectivity index (χ2n) is 1.57. The van der Waals surface area contributed by atoms with E-state index in [1.165, 1.54) is 4.88 Å². The van der Waals surface area contributed by atoms with E-state index in [0.29, 0.717) is 0 Å². The monoisotopic (exact) mass is 128 g/mol. The van der Waals surface area contributed by atoms with E-state index < -0.39 is 0 Å². The fourth-order valence-electron chi connectivity index (χ4n) is 0.522. The molecule has 1 aromatic rings. The zero-order valence-electron chi connectivity index (χ0n) is 4.97. The number of aryl methyl sites for hydroxylation is 1. The second kappa shape index (κ2) is 2.18. The minimum Gasteiger partial charge on any atom is -0.487 e. The number of hydrogen-bond donors (Lipinski definition) is 0. The molecule has 0 spiro atoms. The first kappa shape index (κ1) is 5.63. The van der Waals surface area contributed by atoms with Gasteiger partial charge in [0, 0.05) is 4.88 Å². The van der Waals surface area contributed by atoms with Gasteiger partial charge in [0.15, 0.2) is 5.06 Å². The van der Waals surface area contributed by atoms with Crippen molar-refractivity contribution in [2.75, 3.05) is 7.11 Å². The summed E-state index contributed by atoms with van der Waals surface area (Å²) in [4.78, 5) is 1.29. The van der Waals surface area contributed by atoms with Crippen molar-refractivity contribution in [1.82, 2.24) is 0 Å². The molecule has 0 aromatic carbocycles. The number of methoxy groups -OCH3 is 1. The fraction of sp³-hybridized carbons (Fsp3) is 0.333. The van der Waals surface area contributed by atoms with Crippen LogP contribution in [0.4, 0.5) is 0 Å². The molecule has 1 aromatic heterocycles. The first-order chi connectivity index (χ1) is 3.83. The number of ether oxygens (including phenoxy) is 1. The molecule has 0 amide bonds. The Morgan fingerprint density at radius 3 is 2.50 bits per heavy atom. The molecule has 0 N–H and O–H groups in total. The van der Waals surface area contributed by atoms with Crippen LogP contribution in [0, 0.1) is 6.92 Å². The van der Waals surface area contributed by atoms with E-state index in [9.17, 15) is 0 Å². The lowest BCUT2D eigenvalue weighted by molar-refractivity contribution is 0.427. The highest BCUT2D eigenvalue weighted by Crippen LogP contribution is 2.21. The van der Waals surface area contributed by atoms with Crippen molar-refractivity contribution in [3.63, 3.8) is 0 Å². The molecule has 1 rings (SSSR count). The lowest BCUT2D eigenvalue weighted by Crippen LogP contribution is -1.73. The third-order valence-corrected chi connectivity index (χ3v) is 1.88. The Bertz CT molecular complexity index is 169. The molecule has 0 bridgehead atoms. The largest absolute Gasteiger partial charge is 0.487 e. The predicted molar refractivity (Wildman–Crippen MR) is 35.6 cm³/mol. The SMILES string of the molecule is COc1ccc(C)s1. The van der Waals surface area contributed by atoms with Crippen LogP contribution in [0.2, 0.25) is 0 Å². The normalized spacial score (nSPS) is 9.25. The molecule has 0 aliphatic carbocycles. The Hall–Kier alpha value is -0.500. The van der Waals surface area contributed by atoms with Crippen LogP contribution in [-0.2, 0) is 0 Å². The average molecular weight is 128 g/mol. The zero-order valence-corrected chi connectivity index (χ0v) is 5.79. The first-order valence-electron chi connectivity index (χ1n) is 2.43. The van der Waals surface area contributed by atoms with Crippen molar-refractivity contribution in [2.45, 2.75) is 6.92 Å². The molecular weight excluding hydrogens is 120 g/mol. The van der Waals surface area contributed by atoms with Gasteiger partial charge in [0.2, 0.25) is 0 Å². The van der Waals surface area contributed by atoms with E-state index >= 15 is 0 Å². The van der Waals surface area contributed by atoms with E-state index in [0.717, 1.165) is 5.06 Å². The van der Waals surface area contributed by atoms with Crippen LogP contribution in [0.5, 0.6) is 5.06 Å². The minimum absolute atomic E-state index is 0.988. The Morgan fingerprint density at radius 2 is 2.25 bits per heavy atom. The van der Waals surface area contributed by atoms with Crippen LogP contribution in [0.15, 0.2) is 12.1 Å². The van der Waals surface area contributed by atoms with Gasteiger partial charge in [0.25, 0.3) is 0 Å². The number of rotatable bonds is 1. The summed E-state index contributed by atoms with van der Waals surface area (Å²) in [5.74, 6) is 0. The Morgan fingerprint density at radius 1 is 1.50 bits per heavy atom. The summed E-state index contributed by atoms with van der Waals surface area (Å²) >= 11 is 1.67. The molecule has 0 saturated carbocycles.